The van der Waals surface area contributed by atoms with Crippen molar-refractivity contribution in [1.82, 2.24) is 15.2 Å². The molecular formula is C16H9BrClN5. The van der Waals surface area contributed by atoms with Crippen molar-refractivity contribution in [3.05, 3.63) is 57.7 Å². The van der Waals surface area contributed by atoms with Crippen LogP contribution in [0, 0.1) is 11.3 Å². The number of nitrogens with two attached hydrogens (primary N) is 1. The van der Waals surface area contributed by atoms with Gasteiger partial charge in [-0.05, 0) is 35.9 Å². The number of rotatable bonds is 2. The van der Waals surface area contributed by atoms with Crippen LogP contribution in [0.25, 0.3) is 22.5 Å². The number of hydrogen-bond donors (Lipinski definition) is 1. The van der Waals surface area contributed by atoms with Crippen molar-refractivity contribution in [2.24, 2.45) is 0 Å². The van der Waals surface area contributed by atoms with Crippen LogP contribution in [0.15, 0.2) is 46.9 Å². The fourth-order valence-electron chi connectivity index (χ4n) is 2.15. The number of aromatic nitrogens is 3. The van der Waals surface area contributed by atoms with Crippen molar-refractivity contribution in [3.63, 3.8) is 0 Å². The number of benzene rings is 1. The Morgan fingerprint density at radius 1 is 1.09 bits per heavy atom. The number of hydrogen-bond acceptors (Lipinski definition) is 5. The molecule has 0 aliphatic heterocycles. The second kappa shape index (κ2) is 6.32. The standard InChI is InChI=1S/C16H9BrClN5/c17-10-3-1-2-9(6-10)11-7-14(21-16(20)12(11)8-19)13-4-5-15(18)23-22-13/h1-7H,(H2,20,21). The zero-order valence-corrected chi connectivity index (χ0v) is 14.0. The molecule has 112 valence electrons. The third-order valence-corrected chi connectivity index (χ3v) is 3.88. The van der Waals surface area contributed by atoms with Crippen LogP contribution < -0.4 is 5.73 Å². The predicted octanol–water partition coefficient (Wildman–Crippen LogP) is 4.08. The van der Waals surface area contributed by atoms with Crippen LogP contribution in [0.1, 0.15) is 5.56 Å². The van der Waals surface area contributed by atoms with Crippen molar-refractivity contribution >= 4 is 33.3 Å². The van der Waals surface area contributed by atoms with Gasteiger partial charge in [-0.2, -0.15) is 5.26 Å². The summed E-state index contributed by atoms with van der Waals surface area (Å²) in [4.78, 5) is 4.25. The van der Waals surface area contributed by atoms with Gasteiger partial charge in [-0.15, -0.1) is 10.2 Å². The zero-order chi connectivity index (χ0) is 16.4. The second-order valence-corrected chi connectivity index (χ2v) is 5.98. The first-order chi connectivity index (χ1) is 11.1. The van der Waals surface area contributed by atoms with Crippen LogP contribution in [0.4, 0.5) is 5.82 Å². The zero-order valence-electron chi connectivity index (χ0n) is 11.7. The average molecular weight is 387 g/mol. The van der Waals surface area contributed by atoms with Crippen molar-refractivity contribution in [2.45, 2.75) is 0 Å². The van der Waals surface area contributed by atoms with E-state index in [0.29, 0.717) is 27.7 Å². The highest BCUT2D eigenvalue weighted by molar-refractivity contribution is 9.10. The van der Waals surface area contributed by atoms with E-state index in [1.807, 2.05) is 24.3 Å². The Balaban J connectivity index is 2.22. The van der Waals surface area contributed by atoms with Crippen LogP contribution in [0.5, 0.6) is 0 Å². The quantitative estimate of drug-likeness (QED) is 0.717. The van der Waals surface area contributed by atoms with E-state index >= 15 is 0 Å². The lowest BCUT2D eigenvalue weighted by Gasteiger charge is -2.10. The highest BCUT2D eigenvalue weighted by Crippen LogP contribution is 2.31. The van der Waals surface area contributed by atoms with E-state index in [2.05, 4.69) is 37.2 Å². The Morgan fingerprint density at radius 2 is 1.91 bits per heavy atom. The van der Waals surface area contributed by atoms with Crippen LogP contribution in [-0.2, 0) is 0 Å². The monoisotopic (exact) mass is 385 g/mol. The third-order valence-electron chi connectivity index (χ3n) is 3.19. The van der Waals surface area contributed by atoms with E-state index in [4.69, 9.17) is 17.3 Å². The minimum atomic E-state index is 0.150. The fraction of sp³-hybridized carbons (Fsp3) is 0. The molecule has 0 aliphatic rings. The molecule has 0 radical (unpaired) electrons. The number of nitriles is 1. The summed E-state index contributed by atoms with van der Waals surface area (Å²) in [5, 5.41) is 17.5. The van der Waals surface area contributed by atoms with Gasteiger partial charge in [-0.1, -0.05) is 39.7 Å². The van der Waals surface area contributed by atoms with Crippen molar-refractivity contribution < 1.29 is 0 Å². The molecule has 0 saturated carbocycles. The maximum atomic E-state index is 9.40. The summed E-state index contributed by atoms with van der Waals surface area (Å²) in [6.45, 7) is 0. The molecular weight excluding hydrogens is 378 g/mol. The molecule has 7 heteroatoms. The molecule has 3 aromatic rings. The number of nitrogen functional groups attached to an aromatic ring is 1. The molecule has 0 aliphatic carbocycles. The lowest BCUT2D eigenvalue weighted by Crippen LogP contribution is -2.01. The molecule has 23 heavy (non-hydrogen) atoms. The molecule has 0 bridgehead atoms. The summed E-state index contributed by atoms with van der Waals surface area (Å²) in [7, 11) is 0. The van der Waals surface area contributed by atoms with Gasteiger partial charge in [0.15, 0.2) is 5.15 Å². The molecule has 3 rings (SSSR count). The van der Waals surface area contributed by atoms with Gasteiger partial charge in [0.1, 0.15) is 23.1 Å². The number of halogens is 2. The van der Waals surface area contributed by atoms with E-state index in [1.54, 1.807) is 18.2 Å². The first-order valence-electron chi connectivity index (χ1n) is 6.54. The molecule has 0 amide bonds. The van der Waals surface area contributed by atoms with Gasteiger partial charge >= 0.3 is 0 Å². The van der Waals surface area contributed by atoms with Gasteiger partial charge in [0.05, 0.1) is 5.69 Å². The Bertz CT molecular complexity index is 919. The number of pyridine rings is 1. The average Bonchev–Trinajstić information content (AvgIpc) is 2.55. The van der Waals surface area contributed by atoms with E-state index in [0.717, 1.165) is 10.0 Å². The molecule has 0 atom stereocenters. The second-order valence-electron chi connectivity index (χ2n) is 4.68. The van der Waals surface area contributed by atoms with E-state index < -0.39 is 0 Å². The van der Waals surface area contributed by atoms with Crippen molar-refractivity contribution in [1.29, 1.82) is 5.26 Å². The maximum absolute atomic E-state index is 9.40. The maximum Gasteiger partial charge on any atom is 0.151 e. The molecule has 0 spiro atoms. The molecule has 2 N–H and O–H groups in total. The highest BCUT2D eigenvalue weighted by atomic mass is 79.9. The van der Waals surface area contributed by atoms with E-state index in [1.165, 1.54) is 0 Å². The smallest absolute Gasteiger partial charge is 0.151 e. The van der Waals surface area contributed by atoms with Crippen molar-refractivity contribution in [3.8, 4) is 28.6 Å². The third kappa shape index (κ3) is 3.16. The molecule has 0 saturated heterocycles. The largest absolute Gasteiger partial charge is 0.383 e. The summed E-state index contributed by atoms with van der Waals surface area (Å²) in [5.74, 6) is 0.150. The summed E-state index contributed by atoms with van der Waals surface area (Å²) < 4.78 is 0.905. The minimum Gasteiger partial charge on any atom is -0.383 e. The Morgan fingerprint density at radius 3 is 2.57 bits per heavy atom. The highest BCUT2D eigenvalue weighted by Gasteiger charge is 2.14. The topological polar surface area (TPSA) is 88.5 Å². The van der Waals surface area contributed by atoms with Crippen LogP contribution >= 0.6 is 27.5 Å². The summed E-state index contributed by atoms with van der Waals surface area (Å²) in [5.41, 5.74) is 8.88. The molecule has 2 aromatic heterocycles. The Labute approximate surface area is 145 Å². The first-order valence-corrected chi connectivity index (χ1v) is 7.72. The van der Waals surface area contributed by atoms with Gasteiger partial charge in [0.2, 0.25) is 0 Å². The van der Waals surface area contributed by atoms with Gasteiger partial charge in [-0.3, -0.25) is 0 Å². The lowest BCUT2D eigenvalue weighted by molar-refractivity contribution is 1.03. The summed E-state index contributed by atoms with van der Waals surface area (Å²) in [6.07, 6.45) is 0. The molecule has 1 aromatic carbocycles. The lowest BCUT2D eigenvalue weighted by atomic mass is 10.00. The molecule has 0 unspecified atom stereocenters. The minimum absolute atomic E-state index is 0.150. The fourth-order valence-corrected chi connectivity index (χ4v) is 2.65. The van der Waals surface area contributed by atoms with Gasteiger partial charge < -0.3 is 5.73 Å². The van der Waals surface area contributed by atoms with Crippen LogP contribution in [0.2, 0.25) is 5.15 Å². The molecule has 5 nitrogen and oxygen atoms in total. The van der Waals surface area contributed by atoms with E-state index in [9.17, 15) is 5.26 Å². The van der Waals surface area contributed by atoms with Gasteiger partial charge in [0, 0.05) is 10.0 Å². The van der Waals surface area contributed by atoms with Crippen molar-refractivity contribution in [2.75, 3.05) is 5.73 Å². The van der Waals surface area contributed by atoms with Crippen LogP contribution in [-0.4, -0.2) is 15.2 Å². The van der Waals surface area contributed by atoms with Crippen LogP contribution in [0.3, 0.4) is 0 Å². The summed E-state index contributed by atoms with van der Waals surface area (Å²) >= 11 is 9.18. The SMILES string of the molecule is N#Cc1c(-c2cccc(Br)c2)cc(-c2ccc(Cl)nn2)nc1N. The number of anilines is 1. The van der Waals surface area contributed by atoms with E-state index in [-0.39, 0.29) is 5.82 Å². The summed E-state index contributed by atoms with van der Waals surface area (Å²) in [6, 6.07) is 14.8. The first kappa shape index (κ1) is 15.4. The molecule has 2 heterocycles. The number of nitrogens with zero attached hydrogens (tertiary/aromatic N) is 4. The normalized spacial score (nSPS) is 10.3. The predicted molar refractivity (Wildman–Crippen MR) is 92.5 cm³/mol. The van der Waals surface area contributed by atoms with Gasteiger partial charge in [0.25, 0.3) is 0 Å². The van der Waals surface area contributed by atoms with Gasteiger partial charge in [-0.25, -0.2) is 4.98 Å². The Hall–Kier alpha value is -2.49. The molecule has 0 fully saturated rings. The Kier molecular flexibility index (Phi) is 4.24.